The van der Waals surface area contributed by atoms with Gasteiger partial charge in [0.2, 0.25) is 11.8 Å². The number of ether oxygens (including phenoxy) is 1. The van der Waals surface area contributed by atoms with Gasteiger partial charge >= 0.3 is 6.09 Å². The number of nitrogens with one attached hydrogen (secondary N) is 1. The molecule has 0 spiro atoms. The molecule has 9 nitrogen and oxygen atoms in total. The topological polar surface area (TPSA) is 124 Å². The molecule has 0 bridgehead atoms. The van der Waals surface area contributed by atoms with E-state index in [0.717, 1.165) is 12.8 Å². The van der Waals surface area contributed by atoms with E-state index in [1.807, 2.05) is 0 Å². The van der Waals surface area contributed by atoms with Crippen molar-refractivity contribution in [3.05, 3.63) is 64.6 Å². The number of nitrogens with zero attached hydrogens (tertiary/aromatic N) is 2. The number of amides is 3. The molecule has 0 radical (unpaired) electrons. The van der Waals surface area contributed by atoms with E-state index in [-0.39, 0.29) is 53.7 Å². The van der Waals surface area contributed by atoms with Crippen molar-refractivity contribution >= 4 is 46.2 Å². The summed E-state index contributed by atoms with van der Waals surface area (Å²) in [6.07, 6.45) is 2.14. The van der Waals surface area contributed by atoms with Gasteiger partial charge in [0.05, 0.1) is 11.6 Å². The molecule has 3 amide bonds. The minimum absolute atomic E-state index is 0.0336. The van der Waals surface area contributed by atoms with Gasteiger partial charge in [-0.25, -0.2) is 9.18 Å². The first-order chi connectivity index (χ1) is 17.1. The van der Waals surface area contributed by atoms with E-state index < -0.39 is 17.8 Å². The van der Waals surface area contributed by atoms with E-state index in [1.54, 1.807) is 22.9 Å². The zero-order valence-electron chi connectivity index (χ0n) is 19.4. The summed E-state index contributed by atoms with van der Waals surface area (Å²) in [5.41, 5.74) is 6.26. The van der Waals surface area contributed by atoms with Crippen molar-refractivity contribution in [3.8, 4) is 5.75 Å². The van der Waals surface area contributed by atoms with Crippen LogP contribution in [0.2, 0.25) is 5.02 Å². The summed E-state index contributed by atoms with van der Waals surface area (Å²) in [4.78, 5) is 50.6. The second-order valence-corrected chi connectivity index (χ2v) is 8.98. The molecule has 1 fully saturated rings. The van der Waals surface area contributed by atoms with Crippen LogP contribution < -0.4 is 15.8 Å². The van der Waals surface area contributed by atoms with E-state index >= 15 is 0 Å². The lowest BCUT2D eigenvalue weighted by atomic mass is 10.1. The molecule has 0 atom stereocenters. The monoisotopic (exact) mass is 514 g/mol. The average molecular weight is 515 g/mol. The van der Waals surface area contributed by atoms with Crippen LogP contribution in [-0.2, 0) is 22.7 Å². The molecule has 0 unspecified atom stereocenters. The highest BCUT2D eigenvalue weighted by Crippen LogP contribution is 2.29. The first kappa shape index (κ1) is 25.2. The molecule has 1 aromatic heterocycles. The number of nitrogens with two attached hydrogens (primary N) is 1. The molecular weight excluding hydrogens is 491 g/mol. The Labute approximate surface area is 210 Å². The molecule has 0 saturated heterocycles. The van der Waals surface area contributed by atoms with Crippen molar-refractivity contribution in [2.75, 3.05) is 6.54 Å². The normalized spacial score (nSPS) is 12.9. The predicted molar refractivity (Wildman–Crippen MR) is 130 cm³/mol. The first-order valence-electron chi connectivity index (χ1n) is 11.2. The third-order valence-corrected chi connectivity index (χ3v) is 6.18. The molecule has 0 aliphatic heterocycles. The summed E-state index contributed by atoms with van der Waals surface area (Å²) in [7, 11) is 0. The summed E-state index contributed by atoms with van der Waals surface area (Å²) in [5.74, 6) is -1.38. The van der Waals surface area contributed by atoms with Crippen LogP contribution in [0, 0.1) is 5.82 Å². The highest BCUT2D eigenvalue weighted by Gasteiger charge is 2.34. The van der Waals surface area contributed by atoms with Crippen LogP contribution in [0.3, 0.4) is 0 Å². The molecule has 1 saturated carbocycles. The Balaban J connectivity index is 1.49. The molecule has 36 heavy (non-hydrogen) atoms. The van der Waals surface area contributed by atoms with Crippen LogP contribution in [0.15, 0.2) is 42.6 Å². The lowest BCUT2D eigenvalue weighted by Gasteiger charge is -2.22. The third-order valence-electron chi connectivity index (χ3n) is 5.89. The van der Waals surface area contributed by atoms with Gasteiger partial charge in [0.1, 0.15) is 18.1 Å². The van der Waals surface area contributed by atoms with Gasteiger partial charge in [0, 0.05) is 40.8 Å². The molecule has 11 heteroatoms. The summed E-state index contributed by atoms with van der Waals surface area (Å²) >= 11 is 5.78. The average Bonchev–Trinajstić information content (AvgIpc) is 3.60. The maximum atomic E-state index is 14.1. The molecule has 4 rings (SSSR count). The highest BCUT2D eigenvalue weighted by atomic mass is 35.5. The zero-order chi connectivity index (χ0) is 26.0. The Morgan fingerprint density at radius 3 is 2.64 bits per heavy atom. The van der Waals surface area contributed by atoms with E-state index in [1.165, 1.54) is 36.1 Å². The summed E-state index contributed by atoms with van der Waals surface area (Å²) in [6.45, 7) is 1.05. The van der Waals surface area contributed by atoms with E-state index in [9.17, 15) is 23.6 Å². The molecule has 3 N–H and O–H groups in total. The molecule has 2 aromatic carbocycles. The van der Waals surface area contributed by atoms with Crippen LogP contribution in [-0.4, -0.2) is 45.7 Å². The number of rotatable bonds is 9. The number of halogens is 2. The van der Waals surface area contributed by atoms with Crippen LogP contribution in [0.1, 0.15) is 35.7 Å². The van der Waals surface area contributed by atoms with Gasteiger partial charge < -0.3 is 25.3 Å². The van der Waals surface area contributed by atoms with Gasteiger partial charge in [-0.1, -0.05) is 23.7 Å². The van der Waals surface area contributed by atoms with Gasteiger partial charge in [-0.2, -0.15) is 0 Å². The molecule has 188 valence electrons. The fraction of sp³-hybridized carbons (Fsp3) is 0.280. The fourth-order valence-electron chi connectivity index (χ4n) is 4.00. The van der Waals surface area contributed by atoms with Gasteiger partial charge in [-0.05, 0) is 44.0 Å². The maximum Gasteiger partial charge on any atom is 0.409 e. The molecule has 3 aromatic rings. The zero-order valence-corrected chi connectivity index (χ0v) is 20.2. The fourth-order valence-corrected chi connectivity index (χ4v) is 4.19. The number of aromatic nitrogens is 1. The number of ketones is 1. The van der Waals surface area contributed by atoms with Crippen molar-refractivity contribution < 1.29 is 28.3 Å². The van der Waals surface area contributed by atoms with Gasteiger partial charge in [-0.3, -0.25) is 14.4 Å². The van der Waals surface area contributed by atoms with Crippen LogP contribution in [0.4, 0.5) is 9.18 Å². The van der Waals surface area contributed by atoms with E-state index in [0.29, 0.717) is 16.5 Å². The number of primary amides is 1. The number of carbonyl (C=O) groups is 4. The second-order valence-electron chi connectivity index (χ2n) is 8.57. The van der Waals surface area contributed by atoms with Crippen molar-refractivity contribution in [2.45, 2.75) is 38.9 Å². The minimum atomic E-state index is -0.982. The number of benzene rings is 2. The minimum Gasteiger partial charge on any atom is -0.410 e. The predicted octanol–water partition coefficient (Wildman–Crippen LogP) is 3.40. The number of fused-ring (bicyclic) bond motifs is 1. The van der Waals surface area contributed by atoms with E-state index in [2.05, 4.69) is 5.32 Å². The summed E-state index contributed by atoms with van der Waals surface area (Å²) in [6, 6.07) is 9.13. The molecular formula is C25H24ClFN4O5. The Bertz CT molecular complexity index is 1370. The van der Waals surface area contributed by atoms with Crippen molar-refractivity contribution in [3.63, 3.8) is 0 Å². The second kappa shape index (κ2) is 10.4. The van der Waals surface area contributed by atoms with Gasteiger partial charge in [0.15, 0.2) is 5.78 Å². The Morgan fingerprint density at radius 2 is 1.97 bits per heavy atom. The molecule has 1 aliphatic carbocycles. The Morgan fingerprint density at radius 1 is 1.22 bits per heavy atom. The quantitative estimate of drug-likeness (QED) is 0.423. The molecule has 1 aliphatic rings. The third kappa shape index (κ3) is 5.65. The summed E-state index contributed by atoms with van der Waals surface area (Å²) in [5, 5.41) is 3.11. The maximum absolute atomic E-state index is 14.1. The largest absolute Gasteiger partial charge is 0.410 e. The van der Waals surface area contributed by atoms with Gasteiger partial charge in [-0.15, -0.1) is 0 Å². The standard InChI is InChI=1S/C25H24ClFN4O5/c1-14(32)19-11-30(21-8-7-17(9-18(19)21)36-25(28)35)13-23(34)31(16-5-6-16)12-22(33)29-10-15-3-2-4-20(26)24(15)27/h2-4,7-9,11,16H,5-6,10,12-13H2,1H3,(H2,28,35)(H,29,33). The van der Waals surface area contributed by atoms with Crippen molar-refractivity contribution in [1.82, 2.24) is 14.8 Å². The van der Waals surface area contributed by atoms with Crippen LogP contribution in [0.25, 0.3) is 10.9 Å². The number of hydrogen-bond donors (Lipinski definition) is 2. The van der Waals surface area contributed by atoms with Crippen LogP contribution in [0.5, 0.6) is 5.75 Å². The van der Waals surface area contributed by atoms with Crippen molar-refractivity contribution in [1.29, 1.82) is 0 Å². The lowest BCUT2D eigenvalue weighted by Crippen LogP contribution is -2.43. The number of Topliss-reactive ketones (excluding diaryl/α,β-unsaturated/α-hetero) is 1. The molecule has 1 heterocycles. The van der Waals surface area contributed by atoms with E-state index in [4.69, 9.17) is 22.1 Å². The van der Waals surface area contributed by atoms with Crippen molar-refractivity contribution in [2.24, 2.45) is 5.73 Å². The van der Waals surface area contributed by atoms with Gasteiger partial charge in [0.25, 0.3) is 0 Å². The Hall–Kier alpha value is -3.92. The SMILES string of the molecule is CC(=O)c1cn(CC(=O)N(CC(=O)NCc2cccc(Cl)c2F)C2CC2)c2ccc(OC(N)=O)cc12. The highest BCUT2D eigenvalue weighted by molar-refractivity contribution is 6.30. The van der Waals surface area contributed by atoms with Crippen LogP contribution >= 0.6 is 11.6 Å². The summed E-state index contributed by atoms with van der Waals surface area (Å²) < 4.78 is 20.6. The lowest BCUT2D eigenvalue weighted by molar-refractivity contribution is -0.137. The smallest absolute Gasteiger partial charge is 0.409 e. The number of carbonyl (C=O) groups excluding carboxylic acids is 4. The number of hydrogen-bond acceptors (Lipinski definition) is 5. The Kier molecular flexibility index (Phi) is 7.25. The first-order valence-corrected chi connectivity index (χ1v) is 11.6.